The number of nitriles is 4. The van der Waals surface area contributed by atoms with E-state index in [0.29, 0.717) is 51.8 Å². The van der Waals surface area contributed by atoms with E-state index >= 15 is 0 Å². The van der Waals surface area contributed by atoms with Crippen LogP contribution < -0.4 is 183 Å². The number of nitrogen functional groups attached to an aromatic ring is 11. The Balaban J connectivity index is -0.0000000950. The van der Waals surface area contributed by atoms with Crippen LogP contribution in [0.25, 0.3) is 11.2 Å². The van der Waals surface area contributed by atoms with Crippen LogP contribution in [0.15, 0.2) is 52.0 Å². The molecule has 8 rings (SSSR count). The molecule has 0 radical (unpaired) electrons. The number of guanidine groups is 2. The molecule has 0 amide bonds. The van der Waals surface area contributed by atoms with Crippen LogP contribution in [0.5, 0.6) is 0 Å². The number of nitrogens with one attached hydrogen (secondary N) is 7. The molecule has 43 N–H and O–H groups in total. The number of ether oxygens (including phenoxy) is 1. The van der Waals surface area contributed by atoms with Gasteiger partial charge in [0.1, 0.15) is 72.4 Å². The van der Waals surface area contributed by atoms with Crippen LogP contribution in [-0.4, -0.2) is 136 Å². The van der Waals surface area contributed by atoms with Gasteiger partial charge in [-0.2, -0.15) is 31.0 Å². The molecule has 52 heteroatoms. The second-order valence-electron chi connectivity index (χ2n) is 14.5. The van der Waals surface area contributed by atoms with Crippen LogP contribution in [0.4, 0.5) is 69.8 Å². The Bertz CT molecular complexity index is 3540. The number of thiocarbonyl (C=S) groups is 1. The minimum atomic E-state index is -1.07. The number of fused-ring (bicyclic) bond motifs is 2. The Kier molecular flexibility index (Phi) is 80.2. The van der Waals surface area contributed by atoms with Gasteiger partial charge >= 0.3 is 71.1 Å². The quantitative estimate of drug-likeness (QED) is 0.0149. The van der Waals surface area contributed by atoms with E-state index in [9.17, 15) is 19.2 Å². The number of carboxylic acid groups (broad SMARTS) is 1. The van der Waals surface area contributed by atoms with Gasteiger partial charge in [0.15, 0.2) is 56.5 Å². The number of carboxylic acids is 1. The molecule has 1 aliphatic rings. The molecule has 1 aliphatic heterocycles. The van der Waals surface area contributed by atoms with Gasteiger partial charge in [0.05, 0.1) is 56.3 Å². The number of aliphatic imine (C=N–C) groups is 1. The molecule has 0 aromatic carbocycles. The first kappa shape index (κ1) is 112. The Labute approximate surface area is 621 Å². The van der Waals surface area contributed by atoms with Crippen molar-refractivity contribution in [3.63, 3.8) is 0 Å². The summed E-state index contributed by atoms with van der Waals surface area (Å²) in [5.41, 5.74) is 88.2. The van der Waals surface area contributed by atoms with Gasteiger partial charge in [0.25, 0.3) is 11.1 Å². The fourth-order valence-electron chi connectivity index (χ4n) is 4.09. The summed E-state index contributed by atoms with van der Waals surface area (Å²) >= 11 is 8.75. The summed E-state index contributed by atoms with van der Waals surface area (Å²) in [6.07, 6.45) is 4.77. The summed E-state index contributed by atoms with van der Waals surface area (Å²) in [7, 11) is 1.18. The van der Waals surface area contributed by atoms with Crippen molar-refractivity contribution in [2.24, 2.45) is 39.4 Å². The average Bonchev–Trinajstić information content (AvgIpc) is 1.73. The van der Waals surface area contributed by atoms with Gasteiger partial charge < -0.3 is 138 Å². The zero-order valence-corrected chi connectivity index (χ0v) is 58.0. The number of nitrogens with two attached hydrogens (primary N) is 17. The van der Waals surface area contributed by atoms with Crippen molar-refractivity contribution in [2.45, 2.75) is 68.5 Å². The zero-order chi connectivity index (χ0) is 73.9. The van der Waals surface area contributed by atoms with Crippen LogP contribution in [-0.2, 0) is 19.2 Å². The number of hydrogen-bond donors (Lipinski definition) is 26. The molecule has 0 saturated carbocycles. The number of aliphatic carboxylic acids is 1. The molecule has 0 saturated heterocycles. The van der Waals surface area contributed by atoms with Crippen molar-refractivity contribution < 1.29 is 98.9 Å². The minimum Gasteiger partial charge on any atom is -0.855 e. The molecule has 1 unspecified atom stereocenters. The third-order valence-electron chi connectivity index (χ3n) is 7.17. The van der Waals surface area contributed by atoms with Gasteiger partial charge in [0, 0.05) is 12.1 Å². The number of aromatic amines is 5. The topological polar surface area (TPSA) is 954 Å². The van der Waals surface area contributed by atoms with Crippen molar-refractivity contribution in [2.75, 3.05) is 95.3 Å². The number of carbonyl (C=O) groups is 2. The maximum absolute atomic E-state index is 10.7. The predicted octanol–water partition coefficient (Wildman–Crippen LogP) is -10.3. The fraction of sp³-hybridized carbons (Fsp3) is 0.298. The van der Waals surface area contributed by atoms with Crippen molar-refractivity contribution in [3.8, 4) is 24.3 Å². The van der Waals surface area contributed by atoms with E-state index in [0.717, 1.165) is 11.8 Å². The molecule has 0 bridgehead atoms. The number of esters is 1. The summed E-state index contributed by atoms with van der Waals surface area (Å²) in [5, 5.41) is 72.2. The van der Waals surface area contributed by atoms with E-state index in [1.807, 2.05) is 0 Å². The molecule has 7 aromatic rings. The van der Waals surface area contributed by atoms with Crippen LogP contribution in [0, 0.1) is 55.5 Å². The molecule has 538 valence electrons. The maximum Gasteiger partial charge on any atom is 1.00 e. The Morgan fingerprint density at radius 3 is 1.48 bits per heavy atom. The molecular weight excluding hydrogens is 1370 g/mol. The molecule has 0 fully saturated rings. The SMILES string of the molecule is C.C.C.CCOC(=O)CC#N.CC[O-].CC[O-].COO.N#CCC#N.N#CCC(=O)O.N=C(N)N.NC(N)=S.NC1=NC(N)c2[nH]cnc2N1.Nc1cc(=O)[nH]c(N)n1.Nc1cc(N)[nH]c(=S)n1.Nc1nc(N)c(N)c(=O)[nH]1.Nc1ncnc(N)c1N.Nc1ncnc2nc[nH]c12.[Na+].[Na+]. The van der Waals surface area contributed by atoms with Crippen LogP contribution in [0.2, 0.25) is 0 Å². The molecule has 1 atom stereocenters. The first-order chi connectivity index (χ1) is 44.0. The number of imidazole rings is 2. The predicted molar refractivity (Wildman–Crippen MR) is 371 cm³/mol. The zero-order valence-electron chi connectivity index (χ0n) is 52.3. The van der Waals surface area contributed by atoms with Crippen molar-refractivity contribution in [3.05, 3.63) is 68.6 Å². The average molecular weight is 1450 g/mol. The number of aromatic nitrogens is 14. The number of anilines is 12. The molecule has 0 aliphatic carbocycles. The normalized spacial score (nSPS) is 9.25. The van der Waals surface area contributed by atoms with Gasteiger partial charge in [0.2, 0.25) is 11.9 Å². The smallest absolute Gasteiger partial charge is 0.855 e. The monoisotopic (exact) mass is 1450 g/mol. The van der Waals surface area contributed by atoms with Crippen LogP contribution >= 0.6 is 24.4 Å². The summed E-state index contributed by atoms with van der Waals surface area (Å²) in [6, 6.07) is 9.13. The van der Waals surface area contributed by atoms with Crippen molar-refractivity contribution in [1.82, 2.24) is 69.8 Å². The van der Waals surface area contributed by atoms with E-state index in [-0.39, 0.29) is 171 Å². The van der Waals surface area contributed by atoms with Gasteiger partial charge in [-0.05, 0) is 31.4 Å². The largest absolute Gasteiger partial charge is 1.00 e. The number of hydrogen-bond acceptors (Lipinski definition) is 40. The van der Waals surface area contributed by atoms with Crippen LogP contribution in [0.1, 0.15) is 74.2 Å². The van der Waals surface area contributed by atoms with Gasteiger partial charge in [-0.25, -0.2) is 44.8 Å². The Hall–Kier alpha value is -11.4. The first-order valence-corrected chi connectivity index (χ1v) is 25.3. The third-order valence-corrected chi connectivity index (χ3v) is 7.37. The number of carbonyl (C=O) groups excluding carboxylic acids is 1. The van der Waals surface area contributed by atoms with Crippen LogP contribution in [0.3, 0.4) is 0 Å². The summed E-state index contributed by atoms with van der Waals surface area (Å²) < 4.78 is 4.73. The maximum atomic E-state index is 10.7. The van der Waals surface area contributed by atoms with Gasteiger partial charge in [-0.3, -0.25) is 39.8 Å². The standard InChI is InChI=1S/C5H8N6.C5H5N5.C5H7NO2.C4H7N5O.C4H7N5.C4H6N4O.C4H6N4S.C3H2N2.C3H3NO2.2C2H5O.CH5N3.CH4N2S.CH4O2.3CH4.2Na/c6-3-2-4(9-1-8-2)11-5(7)10-3;6-4-3-5(9-1-7-3)10-2-8-4;1-2-8-5(7)3-4-6;5-1-2(6)8-4(7)9-3(1)10;5-2-3(6)8-1-9-4(2)7;5-2-1-3(9)8-4(6)7-2;5-2-1-3(6)8-4(9)7-2;4-2-1-3-5;4-2-1-3(5)6;2*1-2-3;2*2-1(3)4;1-3-2;;;;;/h1,3H,6H2,(H,8,9)(H3,7,10,11);1-2H,(H3,6,7,8,9,10);2-3H2,1H3;5H2,(H5,6,7,8,9,10);1H,5H2,(H4,6,7,8,9);2*1H,(H5,5,6,7,8,9);1H2;1H2,(H,5,6);2*2H2,1H3;(H5,2,3,4);(H4,2,3,4);2H,1H3;3*1H4;;/q;;;;;;;;;2*-1;;;;;;;2*+1. The molecule has 8 heterocycles. The van der Waals surface area contributed by atoms with Crippen molar-refractivity contribution >= 4 is 134 Å². The second kappa shape index (κ2) is 70.9. The summed E-state index contributed by atoms with van der Waals surface area (Å²) in [5.74, 6) is 0.875. The Morgan fingerprint density at radius 2 is 1.12 bits per heavy atom. The third kappa shape index (κ3) is 67.8. The Morgan fingerprint density at radius 1 is 0.677 bits per heavy atom. The molecule has 0 spiro atoms. The summed E-state index contributed by atoms with van der Waals surface area (Å²) in [4.78, 5) is 94.0. The molecular formula is C47H86N38Na2O10S2. The summed E-state index contributed by atoms with van der Waals surface area (Å²) in [6.45, 7) is 5.19. The molecule has 48 nitrogen and oxygen atoms in total. The van der Waals surface area contributed by atoms with E-state index in [2.05, 4.69) is 137 Å². The van der Waals surface area contributed by atoms with E-state index in [4.69, 9.17) is 122 Å². The van der Waals surface area contributed by atoms with Gasteiger partial charge in [-0.1, -0.05) is 36.1 Å². The van der Waals surface area contributed by atoms with E-state index in [1.165, 1.54) is 38.2 Å². The number of nitrogens with zero attached hydrogens (tertiary/aromatic N) is 14. The first-order valence-electron chi connectivity index (χ1n) is 24.4. The fourth-order valence-corrected chi connectivity index (χ4v) is 4.32. The minimum absolute atomic E-state index is 0. The van der Waals surface area contributed by atoms with E-state index in [1.54, 1.807) is 45.3 Å². The van der Waals surface area contributed by atoms with Crippen molar-refractivity contribution in [1.29, 1.82) is 26.5 Å². The molecule has 99 heavy (non-hydrogen) atoms. The van der Waals surface area contributed by atoms with Gasteiger partial charge in [-0.15, -0.1) is 13.2 Å². The number of rotatable bonds is 3. The van der Waals surface area contributed by atoms with E-state index < -0.39 is 30.1 Å². The number of H-pyrrole nitrogens is 5. The molecule has 7 aromatic heterocycles. The second-order valence-corrected chi connectivity index (χ2v) is 15.4.